The number of imide groups is 1. The van der Waals surface area contributed by atoms with Crippen molar-refractivity contribution in [3.05, 3.63) is 35.4 Å². The molecule has 0 spiro atoms. The maximum Gasteiger partial charge on any atom is 0.261 e. The molecule has 2 atom stereocenters. The number of benzene rings is 1. The Hall–Kier alpha value is -0.881. The third-order valence-corrected chi connectivity index (χ3v) is 15.5. The van der Waals surface area contributed by atoms with E-state index >= 15 is 0 Å². The average Bonchev–Trinajstić information content (AvgIpc) is 3.04. The number of hydrogen-bond acceptors (Lipinski definition) is 3. The molecule has 173 valence electrons. The number of carbonyl (C=O) groups is 2. The fourth-order valence-corrected chi connectivity index (χ4v) is 14.0. The van der Waals surface area contributed by atoms with Crippen LogP contribution in [0.4, 0.5) is 0 Å². The molecule has 0 unspecified atom stereocenters. The van der Waals surface area contributed by atoms with E-state index in [-0.39, 0.29) is 17.9 Å². The van der Waals surface area contributed by atoms with Gasteiger partial charge >= 0.3 is 92.4 Å². The average molecular weight is 535 g/mol. The van der Waals surface area contributed by atoms with Crippen molar-refractivity contribution < 1.29 is 14.7 Å². The third-order valence-electron chi connectivity index (χ3n) is 6.46. The van der Waals surface area contributed by atoms with E-state index in [1.807, 2.05) is 0 Å². The van der Waals surface area contributed by atoms with Gasteiger partial charge < -0.3 is 5.11 Å². The van der Waals surface area contributed by atoms with Crippen molar-refractivity contribution in [1.29, 1.82) is 0 Å². The van der Waals surface area contributed by atoms with Crippen LogP contribution in [-0.4, -0.2) is 53.7 Å². The molecule has 2 amide bonds. The topological polar surface area (TPSA) is 57.6 Å². The van der Waals surface area contributed by atoms with Crippen LogP contribution in [0.3, 0.4) is 0 Å². The Balaban J connectivity index is 0.000000235. The quantitative estimate of drug-likeness (QED) is 0.276. The van der Waals surface area contributed by atoms with Gasteiger partial charge in [-0.15, -0.1) is 0 Å². The molecule has 1 fully saturated rings. The van der Waals surface area contributed by atoms with Gasteiger partial charge in [0.05, 0.1) is 17.2 Å². The van der Waals surface area contributed by atoms with Crippen molar-refractivity contribution in [2.45, 2.75) is 110 Å². The number of aliphatic hydroxyl groups is 1. The van der Waals surface area contributed by atoms with E-state index < -0.39 is 25.9 Å². The first-order valence-corrected chi connectivity index (χ1v) is 18.6. The van der Waals surface area contributed by atoms with Crippen LogP contribution in [-0.2, 0) is 0 Å². The number of aliphatic hydroxyl groups excluding tert-OH is 1. The molecule has 1 aromatic rings. The van der Waals surface area contributed by atoms with Crippen molar-refractivity contribution >= 4 is 31.6 Å². The van der Waals surface area contributed by atoms with Crippen LogP contribution in [0.5, 0.6) is 0 Å². The molecule has 0 aromatic heterocycles. The molecule has 1 N–H and O–H groups in total. The van der Waals surface area contributed by atoms with Crippen molar-refractivity contribution in [2.24, 2.45) is 0 Å². The predicted octanol–water partition coefficient (Wildman–Crippen LogP) is 6.47. The van der Waals surface area contributed by atoms with Crippen LogP contribution in [0.25, 0.3) is 0 Å². The zero-order chi connectivity index (χ0) is 22.6. The Morgan fingerprint density at radius 2 is 1.35 bits per heavy atom. The minimum atomic E-state index is -0.839. The van der Waals surface area contributed by atoms with E-state index in [9.17, 15) is 14.7 Å². The van der Waals surface area contributed by atoms with Gasteiger partial charge in [-0.05, 0) is 37.8 Å². The van der Waals surface area contributed by atoms with Crippen molar-refractivity contribution in [2.75, 3.05) is 0 Å². The van der Waals surface area contributed by atoms with Gasteiger partial charge in [0, 0.05) is 6.04 Å². The molecular weight excluding hydrogens is 493 g/mol. The van der Waals surface area contributed by atoms with E-state index in [1.165, 1.54) is 43.4 Å². The molecule has 1 aliphatic carbocycles. The smallest absolute Gasteiger partial charge is 0.261 e. The second-order valence-electron chi connectivity index (χ2n) is 9.06. The zero-order valence-corrected chi connectivity index (χ0v) is 22.7. The molecule has 1 radical (unpaired) electrons. The molecule has 1 heterocycles. The summed E-state index contributed by atoms with van der Waals surface area (Å²) < 4.78 is 5.04. The molecule has 3 rings (SSSR count). The standard InChI is InChI=1S/C14H15NO3.3C4H9.Sn/c16-10-5-3-4-9(8-10)15-13(17)11-6-1-2-7-12(11)14(15)18;3*1-3-4-2;/h1-2,6-7,9-10,16H,3-5,8H2;3*1,3-4H2,2H3;/t9-,10+;;;;/m1..../s1. The SMILES string of the molecule is CCC[CH2][Sn]([CH2]CCC)[CH2]CCC.O=C1c2ccccc2C(=O)N1[C@@H]1CCC[C@H](O)C1. The second kappa shape index (κ2) is 14.3. The van der Waals surface area contributed by atoms with Gasteiger partial charge in [0.1, 0.15) is 0 Å². The Bertz CT molecular complexity index is 639. The van der Waals surface area contributed by atoms with E-state index in [4.69, 9.17) is 0 Å². The maximum atomic E-state index is 12.2. The van der Waals surface area contributed by atoms with Crippen LogP contribution in [0, 0.1) is 0 Å². The summed E-state index contributed by atoms with van der Waals surface area (Å²) in [5, 5.41) is 9.68. The molecule has 2 aliphatic rings. The molecule has 1 aliphatic heterocycles. The van der Waals surface area contributed by atoms with Gasteiger partial charge in [-0.2, -0.15) is 0 Å². The van der Waals surface area contributed by atoms with Gasteiger partial charge in [0.25, 0.3) is 11.8 Å². The van der Waals surface area contributed by atoms with Crippen LogP contribution in [0.2, 0.25) is 13.3 Å². The summed E-state index contributed by atoms with van der Waals surface area (Å²) in [5.41, 5.74) is 0.977. The summed E-state index contributed by atoms with van der Waals surface area (Å²) in [6.45, 7) is 7.00. The van der Waals surface area contributed by atoms with Crippen LogP contribution >= 0.6 is 0 Å². The molecule has 1 aromatic carbocycles. The number of unbranched alkanes of at least 4 members (excludes halogenated alkanes) is 3. The molecule has 31 heavy (non-hydrogen) atoms. The van der Waals surface area contributed by atoms with Crippen molar-refractivity contribution in [3.8, 4) is 0 Å². The molecule has 5 heteroatoms. The molecule has 0 bridgehead atoms. The van der Waals surface area contributed by atoms with Gasteiger partial charge in [0.2, 0.25) is 0 Å². The second-order valence-corrected chi connectivity index (χ2v) is 17.6. The van der Waals surface area contributed by atoms with E-state index in [2.05, 4.69) is 20.8 Å². The van der Waals surface area contributed by atoms with E-state index in [1.54, 1.807) is 37.6 Å². The van der Waals surface area contributed by atoms with Gasteiger partial charge in [-0.25, -0.2) is 0 Å². The van der Waals surface area contributed by atoms with E-state index in [0.29, 0.717) is 17.5 Å². The molecular formula is C26H42NO3Sn. The summed E-state index contributed by atoms with van der Waals surface area (Å²) in [4.78, 5) is 25.8. The first-order valence-electron chi connectivity index (χ1n) is 12.5. The summed E-state index contributed by atoms with van der Waals surface area (Å²) in [6.07, 6.45) is 11.4. The van der Waals surface area contributed by atoms with Crippen LogP contribution in [0.1, 0.15) is 106 Å². The van der Waals surface area contributed by atoms with Gasteiger partial charge in [-0.1, -0.05) is 12.1 Å². The van der Waals surface area contributed by atoms with Crippen LogP contribution in [0.15, 0.2) is 24.3 Å². The molecule has 0 saturated heterocycles. The van der Waals surface area contributed by atoms with Gasteiger partial charge in [0.15, 0.2) is 0 Å². The van der Waals surface area contributed by atoms with Crippen LogP contribution < -0.4 is 0 Å². The number of rotatable bonds is 10. The number of fused-ring (bicyclic) bond motifs is 1. The monoisotopic (exact) mass is 536 g/mol. The first-order chi connectivity index (χ1) is 15.0. The van der Waals surface area contributed by atoms with Gasteiger partial charge in [-0.3, -0.25) is 14.5 Å². The Labute approximate surface area is 196 Å². The fourth-order valence-electron chi connectivity index (χ4n) is 4.57. The third kappa shape index (κ3) is 7.88. The fraction of sp³-hybridized carbons (Fsp3) is 0.692. The van der Waals surface area contributed by atoms with E-state index in [0.717, 1.165) is 19.3 Å². The largest absolute Gasteiger partial charge is 0.393 e. The Morgan fingerprint density at radius 3 is 1.77 bits per heavy atom. The number of carbonyl (C=O) groups excluding carboxylic acids is 2. The number of nitrogens with zero attached hydrogens (tertiary/aromatic N) is 1. The maximum absolute atomic E-state index is 12.2. The minimum Gasteiger partial charge on any atom is -0.393 e. The van der Waals surface area contributed by atoms with Crippen molar-refractivity contribution in [1.82, 2.24) is 4.90 Å². The zero-order valence-electron chi connectivity index (χ0n) is 19.9. The number of hydrogen-bond donors (Lipinski definition) is 1. The first kappa shape index (κ1) is 26.4. The number of amides is 2. The molecule has 1 saturated carbocycles. The Morgan fingerprint density at radius 1 is 0.871 bits per heavy atom. The summed E-state index contributed by atoms with van der Waals surface area (Å²) in [7, 11) is 0. The normalized spacial score (nSPS) is 20.6. The summed E-state index contributed by atoms with van der Waals surface area (Å²) in [6, 6.07) is 6.76. The minimum absolute atomic E-state index is 0.152. The molecule has 4 nitrogen and oxygen atoms in total. The summed E-state index contributed by atoms with van der Waals surface area (Å²) in [5.74, 6) is -0.426. The predicted molar refractivity (Wildman–Crippen MR) is 130 cm³/mol. The Kier molecular flexibility index (Phi) is 12.2. The summed E-state index contributed by atoms with van der Waals surface area (Å²) >= 11 is -0.839. The van der Waals surface area contributed by atoms with Crippen molar-refractivity contribution in [3.63, 3.8) is 0 Å².